The van der Waals surface area contributed by atoms with Gasteiger partial charge in [-0.3, -0.25) is 0 Å². The highest BCUT2D eigenvalue weighted by atomic mass is 32.2. The molecule has 2 nitrogen and oxygen atoms in total. The fraction of sp³-hybridized carbons (Fsp3) is 0. The lowest BCUT2D eigenvalue weighted by molar-refractivity contribution is 1.11. The molecule has 0 unspecified atom stereocenters. The second-order valence-electron chi connectivity index (χ2n) is 6.34. The van der Waals surface area contributed by atoms with E-state index in [0.717, 1.165) is 11.4 Å². The molecule has 4 N–H and O–H groups in total. The van der Waals surface area contributed by atoms with E-state index in [0.29, 0.717) is 0 Å². The van der Waals surface area contributed by atoms with Crippen LogP contribution in [0.5, 0.6) is 0 Å². The number of benzene rings is 4. The van der Waals surface area contributed by atoms with Crippen molar-refractivity contribution in [1.82, 2.24) is 0 Å². The summed E-state index contributed by atoms with van der Waals surface area (Å²) in [4.78, 5) is 7.25. The molecular formula is C24H20N2S3. The van der Waals surface area contributed by atoms with Crippen LogP contribution in [-0.4, -0.2) is 0 Å². The normalized spacial score (nSPS) is 10.8. The standard InChI is InChI=1S/C24H20N2S3/c25-17-9-13-20(14-10-17)28-23-8-4-7-22(27-19-5-2-1-3-6-19)24(23)29-21-15-11-18(26)12-16-21/h1-16H,25-26H2. The first-order chi connectivity index (χ1) is 14.2. The molecule has 0 spiro atoms. The lowest BCUT2D eigenvalue weighted by atomic mass is 10.3. The monoisotopic (exact) mass is 432 g/mol. The van der Waals surface area contributed by atoms with Crippen LogP contribution in [0.1, 0.15) is 0 Å². The van der Waals surface area contributed by atoms with Crippen molar-refractivity contribution in [2.45, 2.75) is 29.4 Å². The molecule has 0 heterocycles. The third-order valence-electron chi connectivity index (χ3n) is 4.12. The minimum absolute atomic E-state index is 0.776. The van der Waals surface area contributed by atoms with Gasteiger partial charge in [0.25, 0.3) is 0 Å². The summed E-state index contributed by atoms with van der Waals surface area (Å²) in [6, 6.07) is 33.0. The number of nitrogen functional groups attached to an aromatic ring is 2. The van der Waals surface area contributed by atoms with Crippen molar-refractivity contribution in [3.8, 4) is 0 Å². The fourth-order valence-corrected chi connectivity index (χ4v) is 5.87. The van der Waals surface area contributed by atoms with Gasteiger partial charge in [-0.15, -0.1) is 0 Å². The molecule has 29 heavy (non-hydrogen) atoms. The predicted molar refractivity (Wildman–Crippen MR) is 127 cm³/mol. The molecule has 0 atom stereocenters. The lowest BCUT2D eigenvalue weighted by Gasteiger charge is -2.14. The Balaban J connectivity index is 1.71. The smallest absolute Gasteiger partial charge is 0.0401 e. The quantitative estimate of drug-likeness (QED) is 0.313. The van der Waals surface area contributed by atoms with E-state index in [9.17, 15) is 0 Å². The summed E-state index contributed by atoms with van der Waals surface area (Å²) in [6.07, 6.45) is 0. The summed E-state index contributed by atoms with van der Waals surface area (Å²) in [7, 11) is 0. The van der Waals surface area contributed by atoms with E-state index in [1.54, 1.807) is 35.3 Å². The number of hydrogen-bond acceptors (Lipinski definition) is 5. The van der Waals surface area contributed by atoms with E-state index in [4.69, 9.17) is 11.5 Å². The molecule has 0 aliphatic rings. The lowest BCUT2D eigenvalue weighted by Crippen LogP contribution is -1.87. The maximum atomic E-state index is 5.87. The van der Waals surface area contributed by atoms with E-state index < -0.39 is 0 Å². The second-order valence-corrected chi connectivity index (χ2v) is 9.66. The van der Waals surface area contributed by atoms with Crippen LogP contribution in [0, 0.1) is 0 Å². The average Bonchev–Trinajstić information content (AvgIpc) is 2.74. The van der Waals surface area contributed by atoms with Crippen LogP contribution >= 0.6 is 35.3 Å². The fourth-order valence-electron chi connectivity index (χ4n) is 2.69. The molecule has 0 fully saturated rings. The predicted octanol–water partition coefficient (Wildman–Crippen LogP) is 7.30. The van der Waals surface area contributed by atoms with Crippen LogP contribution in [-0.2, 0) is 0 Å². The minimum atomic E-state index is 0.776. The Bertz CT molecular complexity index is 1080. The van der Waals surface area contributed by atoms with Crippen LogP contribution in [0.4, 0.5) is 11.4 Å². The molecule has 0 amide bonds. The Kier molecular flexibility index (Phi) is 6.39. The Morgan fingerprint density at radius 2 is 0.862 bits per heavy atom. The van der Waals surface area contributed by atoms with Gasteiger partial charge < -0.3 is 11.5 Å². The van der Waals surface area contributed by atoms with Gasteiger partial charge in [-0.05, 0) is 72.8 Å². The number of nitrogens with two attached hydrogens (primary N) is 2. The maximum absolute atomic E-state index is 5.87. The van der Waals surface area contributed by atoms with Gasteiger partial charge in [0.15, 0.2) is 0 Å². The molecule has 5 heteroatoms. The Morgan fingerprint density at radius 3 is 1.38 bits per heavy atom. The van der Waals surface area contributed by atoms with E-state index >= 15 is 0 Å². The minimum Gasteiger partial charge on any atom is -0.399 e. The third kappa shape index (κ3) is 5.32. The van der Waals surface area contributed by atoms with Crippen LogP contribution in [0.2, 0.25) is 0 Å². The zero-order valence-electron chi connectivity index (χ0n) is 15.6. The van der Waals surface area contributed by atoms with Crippen LogP contribution in [0.3, 0.4) is 0 Å². The SMILES string of the molecule is Nc1ccc(Sc2cccc(Sc3ccccc3)c2Sc2ccc(N)cc2)cc1. The molecule has 0 aliphatic carbocycles. The molecule has 0 saturated heterocycles. The van der Waals surface area contributed by atoms with Gasteiger partial charge in [0.2, 0.25) is 0 Å². The number of anilines is 2. The molecule has 0 aromatic heterocycles. The maximum Gasteiger partial charge on any atom is 0.0401 e. The van der Waals surface area contributed by atoms with Crippen molar-refractivity contribution < 1.29 is 0 Å². The summed E-state index contributed by atoms with van der Waals surface area (Å²) in [5.74, 6) is 0. The van der Waals surface area contributed by atoms with Crippen molar-refractivity contribution in [3.05, 3.63) is 97.1 Å². The van der Waals surface area contributed by atoms with E-state index in [2.05, 4.69) is 66.7 Å². The Morgan fingerprint density at radius 1 is 0.414 bits per heavy atom. The van der Waals surface area contributed by atoms with Crippen molar-refractivity contribution in [2.24, 2.45) is 0 Å². The average molecular weight is 433 g/mol. The highest BCUT2D eigenvalue weighted by Gasteiger charge is 2.13. The van der Waals surface area contributed by atoms with Crippen LogP contribution < -0.4 is 11.5 Å². The molecule has 4 aromatic carbocycles. The first-order valence-electron chi connectivity index (χ1n) is 9.10. The zero-order valence-corrected chi connectivity index (χ0v) is 18.1. The van der Waals surface area contributed by atoms with Gasteiger partial charge >= 0.3 is 0 Å². The summed E-state index contributed by atoms with van der Waals surface area (Å²) in [5.41, 5.74) is 13.3. The molecule has 0 saturated carbocycles. The van der Waals surface area contributed by atoms with Gasteiger partial charge in [0, 0.05) is 40.7 Å². The van der Waals surface area contributed by atoms with Crippen LogP contribution in [0.15, 0.2) is 126 Å². The zero-order chi connectivity index (χ0) is 20.1. The molecule has 0 aliphatic heterocycles. The van der Waals surface area contributed by atoms with Crippen molar-refractivity contribution in [3.63, 3.8) is 0 Å². The molecule has 4 rings (SSSR count). The second kappa shape index (κ2) is 9.35. The largest absolute Gasteiger partial charge is 0.399 e. The molecule has 0 radical (unpaired) electrons. The highest BCUT2D eigenvalue weighted by molar-refractivity contribution is 8.04. The molecule has 4 aromatic rings. The molecule has 144 valence electrons. The first kappa shape index (κ1) is 19.8. The van der Waals surface area contributed by atoms with E-state index in [1.165, 1.54) is 29.4 Å². The first-order valence-corrected chi connectivity index (χ1v) is 11.5. The van der Waals surface area contributed by atoms with E-state index in [-0.39, 0.29) is 0 Å². The topological polar surface area (TPSA) is 52.0 Å². The molecule has 0 bridgehead atoms. The van der Waals surface area contributed by atoms with Crippen molar-refractivity contribution >= 4 is 46.7 Å². The van der Waals surface area contributed by atoms with Crippen molar-refractivity contribution in [1.29, 1.82) is 0 Å². The van der Waals surface area contributed by atoms with Gasteiger partial charge in [0.05, 0.1) is 0 Å². The van der Waals surface area contributed by atoms with Gasteiger partial charge in [0.1, 0.15) is 0 Å². The Labute approximate surface area is 184 Å². The summed E-state index contributed by atoms with van der Waals surface area (Å²) in [6.45, 7) is 0. The van der Waals surface area contributed by atoms with Crippen molar-refractivity contribution in [2.75, 3.05) is 11.5 Å². The van der Waals surface area contributed by atoms with Gasteiger partial charge in [-0.25, -0.2) is 0 Å². The molecular weight excluding hydrogens is 412 g/mol. The third-order valence-corrected chi connectivity index (χ3v) is 7.67. The number of rotatable bonds is 6. The van der Waals surface area contributed by atoms with Gasteiger partial charge in [-0.2, -0.15) is 0 Å². The summed E-state index contributed by atoms with van der Waals surface area (Å²) >= 11 is 5.31. The van der Waals surface area contributed by atoms with E-state index in [1.807, 2.05) is 30.3 Å². The van der Waals surface area contributed by atoms with Crippen LogP contribution in [0.25, 0.3) is 0 Å². The Hall–Kier alpha value is -2.47. The van der Waals surface area contributed by atoms with Gasteiger partial charge in [-0.1, -0.05) is 59.6 Å². The highest BCUT2D eigenvalue weighted by Crippen LogP contribution is 2.45. The summed E-state index contributed by atoms with van der Waals surface area (Å²) < 4.78 is 0. The number of hydrogen-bond donors (Lipinski definition) is 2. The summed E-state index contributed by atoms with van der Waals surface area (Å²) in [5, 5.41) is 0.